The largest absolute Gasteiger partial charge is 0.480 e. The zero-order chi connectivity index (χ0) is 22.4. The van der Waals surface area contributed by atoms with Crippen molar-refractivity contribution < 1.29 is 24.2 Å². The SMILES string of the molecule is CCN(C(=O)OCc1ccccc1)[C@@H](C)C(=O)N1C(c2ccccc2)SC[C@H]1C(=O)O. The highest BCUT2D eigenvalue weighted by Crippen LogP contribution is 2.42. The molecule has 164 valence electrons. The van der Waals surface area contributed by atoms with Crippen LogP contribution in [-0.4, -0.2) is 57.3 Å². The maximum atomic E-state index is 13.4. The van der Waals surface area contributed by atoms with Gasteiger partial charge in [0.05, 0.1) is 0 Å². The van der Waals surface area contributed by atoms with E-state index in [-0.39, 0.29) is 18.9 Å². The number of ether oxygens (including phenoxy) is 1. The smallest absolute Gasteiger partial charge is 0.410 e. The van der Waals surface area contributed by atoms with Crippen LogP contribution in [0, 0.1) is 0 Å². The van der Waals surface area contributed by atoms with Gasteiger partial charge in [0.15, 0.2) is 0 Å². The lowest BCUT2D eigenvalue weighted by Crippen LogP contribution is -2.53. The second kappa shape index (κ2) is 10.3. The topological polar surface area (TPSA) is 87.2 Å². The number of likely N-dealkylation sites (N-methyl/N-ethyl adjacent to an activating group) is 1. The average molecular weight is 443 g/mol. The van der Waals surface area contributed by atoms with Crippen molar-refractivity contribution in [1.29, 1.82) is 0 Å². The van der Waals surface area contributed by atoms with Crippen LogP contribution in [0.25, 0.3) is 0 Å². The van der Waals surface area contributed by atoms with E-state index in [1.165, 1.54) is 21.6 Å². The Hall–Kier alpha value is -3.00. The van der Waals surface area contributed by atoms with E-state index in [2.05, 4.69) is 0 Å². The van der Waals surface area contributed by atoms with Crippen LogP contribution in [0.4, 0.5) is 4.79 Å². The number of carboxylic acids is 1. The van der Waals surface area contributed by atoms with Crippen LogP contribution < -0.4 is 0 Å². The van der Waals surface area contributed by atoms with Gasteiger partial charge in [-0.25, -0.2) is 9.59 Å². The molecule has 1 aliphatic rings. The Balaban J connectivity index is 1.76. The molecule has 7 nitrogen and oxygen atoms in total. The van der Waals surface area contributed by atoms with Gasteiger partial charge >= 0.3 is 12.1 Å². The van der Waals surface area contributed by atoms with Crippen LogP contribution in [0.5, 0.6) is 0 Å². The summed E-state index contributed by atoms with van der Waals surface area (Å²) >= 11 is 1.41. The number of hydrogen-bond acceptors (Lipinski definition) is 5. The normalized spacial score (nSPS) is 19.0. The maximum Gasteiger partial charge on any atom is 0.410 e. The molecule has 0 saturated carbocycles. The molecule has 0 radical (unpaired) electrons. The molecule has 31 heavy (non-hydrogen) atoms. The molecular weight excluding hydrogens is 416 g/mol. The van der Waals surface area contributed by atoms with E-state index in [1.807, 2.05) is 60.7 Å². The molecule has 2 aromatic rings. The monoisotopic (exact) mass is 442 g/mol. The minimum Gasteiger partial charge on any atom is -0.480 e. The first-order valence-electron chi connectivity index (χ1n) is 10.1. The molecule has 1 aliphatic heterocycles. The molecule has 0 aliphatic carbocycles. The van der Waals surface area contributed by atoms with Crippen molar-refractivity contribution in [2.75, 3.05) is 12.3 Å². The Morgan fingerprint density at radius 1 is 1.13 bits per heavy atom. The van der Waals surface area contributed by atoms with Gasteiger partial charge in [-0.1, -0.05) is 60.7 Å². The average Bonchev–Trinajstić information content (AvgIpc) is 3.24. The Bertz CT molecular complexity index is 909. The summed E-state index contributed by atoms with van der Waals surface area (Å²) in [7, 11) is 0. The first-order chi connectivity index (χ1) is 14.9. The lowest BCUT2D eigenvalue weighted by Gasteiger charge is -2.34. The van der Waals surface area contributed by atoms with Crippen LogP contribution in [0.2, 0.25) is 0 Å². The molecule has 8 heteroatoms. The second-order valence-electron chi connectivity index (χ2n) is 7.20. The minimum absolute atomic E-state index is 0.0983. The fourth-order valence-electron chi connectivity index (χ4n) is 3.55. The quantitative estimate of drug-likeness (QED) is 0.703. The van der Waals surface area contributed by atoms with Crippen LogP contribution >= 0.6 is 11.8 Å². The number of nitrogens with zero attached hydrogens (tertiary/aromatic N) is 2. The number of aliphatic carboxylic acids is 1. The molecule has 1 saturated heterocycles. The molecule has 1 unspecified atom stereocenters. The number of amides is 2. The maximum absolute atomic E-state index is 13.4. The number of carbonyl (C=O) groups excluding carboxylic acids is 2. The first kappa shape index (κ1) is 22.7. The van der Waals surface area contributed by atoms with Crippen molar-refractivity contribution >= 4 is 29.7 Å². The van der Waals surface area contributed by atoms with Gasteiger partial charge in [-0.2, -0.15) is 0 Å². The Morgan fingerprint density at radius 3 is 2.32 bits per heavy atom. The van der Waals surface area contributed by atoms with E-state index in [9.17, 15) is 19.5 Å². The van der Waals surface area contributed by atoms with Crippen LogP contribution in [0.3, 0.4) is 0 Å². The molecule has 2 amide bonds. The Morgan fingerprint density at radius 2 is 1.74 bits per heavy atom. The molecular formula is C23H26N2O5S. The van der Waals surface area contributed by atoms with Gasteiger partial charge in [0.25, 0.3) is 0 Å². The van der Waals surface area contributed by atoms with E-state index in [4.69, 9.17) is 4.74 Å². The predicted octanol–water partition coefficient (Wildman–Crippen LogP) is 3.76. The third-order valence-electron chi connectivity index (χ3n) is 5.23. The third-order valence-corrected chi connectivity index (χ3v) is 6.55. The van der Waals surface area contributed by atoms with Crippen molar-refractivity contribution in [3.05, 3.63) is 71.8 Å². The molecule has 2 aromatic carbocycles. The Labute approximate surface area is 186 Å². The van der Waals surface area contributed by atoms with E-state index >= 15 is 0 Å². The summed E-state index contributed by atoms with van der Waals surface area (Å²) in [5.41, 5.74) is 1.70. The zero-order valence-corrected chi connectivity index (χ0v) is 18.3. The summed E-state index contributed by atoms with van der Waals surface area (Å²) in [5, 5.41) is 9.26. The number of benzene rings is 2. The van der Waals surface area contributed by atoms with Crippen molar-refractivity contribution in [3.63, 3.8) is 0 Å². The zero-order valence-electron chi connectivity index (χ0n) is 17.5. The van der Waals surface area contributed by atoms with Gasteiger partial charge in [0.1, 0.15) is 24.1 Å². The van der Waals surface area contributed by atoms with Crippen molar-refractivity contribution in [3.8, 4) is 0 Å². The van der Waals surface area contributed by atoms with Gasteiger partial charge < -0.3 is 14.7 Å². The summed E-state index contributed by atoms with van der Waals surface area (Å²) in [6.45, 7) is 3.73. The summed E-state index contributed by atoms with van der Waals surface area (Å²) < 4.78 is 5.40. The highest BCUT2D eigenvalue weighted by molar-refractivity contribution is 7.99. The number of carbonyl (C=O) groups is 3. The van der Waals surface area contributed by atoms with Crippen molar-refractivity contribution in [1.82, 2.24) is 9.80 Å². The van der Waals surface area contributed by atoms with Gasteiger partial charge in [-0.3, -0.25) is 9.69 Å². The predicted molar refractivity (Wildman–Crippen MR) is 118 cm³/mol. The van der Waals surface area contributed by atoms with Crippen LogP contribution in [0.1, 0.15) is 30.3 Å². The van der Waals surface area contributed by atoms with E-state index in [1.54, 1.807) is 13.8 Å². The lowest BCUT2D eigenvalue weighted by molar-refractivity contribution is -0.151. The fraction of sp³-hybridized carbons (Fsp3) is 0.348. The molecule has 1 N–H and O–H groups in total. The second-order valence-corrected chi connectivity index (χ2v) is 8.31. The third kappa shape index (κ3) is 5.19. The lowest BCUT2D eigenvalue weighted by atomic mass is 10.1. The molecule has 1 fully saturated rings. The van der Waals surface area contributed by atoms with Crippen LogP contribution in [-0.2, 0) is 20.9 Å². The molecule has 0 aromatic heterocycles. The number of thioether (sulfide) groups is 1. The van der Waals surface area contributed by atoms with Crippen molar-refractivity contribution in [2.24, 2.45) is 0 Å². The summed E-state index contributed by atoms with van der Waals surface area (Å²) in [6, 6.07) is 16.8. The van der Waals surface area contributed by atoms with Gasteiger partial charge in [0, 0.05) is 12.3 Å². The number of hydrogen-bond donors (Lipinski definition) is 1. The van der Waals surface area contributed by atoms with Gasteiger partial charge in [-0.15, -0.1) is 11.8 Å². The molecule has 0 spiro atoms. The summed E-state index contributed by atoms with van der Waals surface area (Å²) in [5.74, 6) is -1.18. The number of rotatable bonds is 7. The van der Waals surface area contributed by atoms with Crippen LogP contribution in [0.15, 0.2) is 60.7 Å². The van der Waals surface area contributed by atoms with Crippen molar-refractivity contribution in [2.45, 2.75) is 37.9 Å². The molecule has 0 bridgehead atoms. The molecule has 3 rings (SSSR count). The van der Waals surface area contributed by atoms with E-state index in [0.717, 1.165) is 11.1 Å². The minimum atomic E-state index is -1.05. The van der Waals surface area contributed by atoms with E-state index < -0.39 is 35.4 Å². The molecule has 1 heterocycles. The van der Waals surface area contributed by atoms with Gasteiger partial charge in [0.2, 0.25) is 5.91 Å². The fourth-order valence-corrected chi connectivity index (χ4v) is 4.98. The molecule has 3 atom stereocenters. The highest BCUT2D eigenvalue weighted by Gasteiger charge is 2.45. The standard InChI is InChI=1S/C23H26N2O5S/c1-3-24(23(29)30-14-17-10-6-4-7-11-17)16(2)20(26)25-19(22(27)28)15-31-21(25)18-12-8-5-9-13-18/h4-13,16,19,21H,3,14-15H2,1-2H3,(H,27,28)/t16-,19-,21?/m0/s1. The highest BCUT2D eigenvalue weighted by atomic mass is 32.2. The number of carboxylic acid groups (broad SMARTS) is 1. The van der Waals surface area contributed by atoms with E-state index in [0.29, 0.717) is 0 Å². The van der Waals surface area contributed by atoms with Gasteiger partial charge in [-0.05, 0) is 25.0 Å². The summed E-state index contributed by atoms with van der Waals surface area (Å²) in [4.78, 5) is 40.7. The Kier molecular flexibility index (Phi) is 7.57. The first-order valence-corrected chi connectivity index (χ1v) is 11.2. The summed E-state index contributed by atoms with van der Waals surface area (Å²) in [6.07, 6.45) is -0.609.